The van der Waals surface area contributed by atoms with Crippen LogP contribution in [0.25, 0.3) is 0 Å². The summed E-state index contributed by atoms with van der Waals surface area (Å²) in [5.74, 6) is -1.73. The molecule has 0 radical (unpaired) electrons. The number of aliphatic carboxylic acids is 1. The molecule has 1 amide bonds. The number of aromatic nitrogens is 2. The van der Waals surface area contributed by atoms with Gasteiger partial charge in [0.05, 0.1) is 23.9 Å². The zero-order chi connectivity index (χ0) is 12.8. The van der Waals surface area contributed by atoms with Crippen molar-refractivity contribution in [3.05, 3.63) is 24.0 Å². The third kappa shape index (κ3) is 3.51. The predicted octanol–water partition coefficient (Wildman–Crippen LogP) is 0.659. The van der Waals surface area contributed by atoms with Crippen LogP contribution in [0, 0.1) is 5.92 Å². The van der Waals surface area contributed by atoms with Crippen LogP contribution in [0.2, 0.25) is 0 Å². The Morgan fingerprint density at radius 1 is 1.47 bits per heavy atom. The van der Waals surface area contributed by atoms with Gasteiger partial charge in [-0.1, -0.05) is 6.92 Å². The number of amides is 1. The fourth-order valence-electron chi connectivity index (χ4n) is 1.36. The van der Waals surface area contributed by atoms with Crippen LogP contribution in [0.3, 0.4) is 0 Å². The van der Waals surface area contributed by atoms with Crippen molar-refractivity contribution in [1.29, 1.82) is 0 Å². The minimum atomic E-state index is -0.913. The van der Waals surface area contributed by atoms with Crippen molar-refractivity contribution in [2.75, 3.05) is 13.1 Å². The first-order chi connectivity index (χ1) is 8.06. The lowest BCUT2D eigenvalue weighted by atomic mass is 10.1. The van der Waals surface area contributed by atoms with Gasteiger partial charge in [-0.05, 0) is 13.0 Å². The van der Waals surface area contributed by atoms with E-state index in [0.29, 0.717) is 12.1 Å². The normalized spacial score (nSPS) is 11.9. The van der Waals surface area contributed by atoms with Crippen LogP contribution in [0.15, 0.2) is 18.5 Å². The standard InChI is InChI=1S/C11H15N3O3/c1-3-14(7-8(2)11(16)17)10(15)9-4-5-12-13-6-9/h4-6,8H,3,7H2,1-2H3,(H,16,17). The van der Waals surface area contributed by atoms with Crippen molar-refractivity contribution < 1.29 is 14.7 Å². The molecule has 0 aliphatic carbocycles. The zero-order valence-corrected chi connectivity index (χ0v) is 9.83. The first kappa shape index (κ1) is 13.1. The third-order valence-electron chi connectivity index (χ3n) is 2.42. The molecule has 1 aromatic rings. The molecule has 1 N–H and O–H groups in total. The van der Waals surface area contributed by atoms with Gasteiger partial charge in [-0.15, -0.1) is 0 Å². The second-order valence-corrected chi connectivity index (χ2v) is 3.71. The molecule has 0 aromatic carbocycles. The van der Waals surface area contributed by atoms with E-state index in [-0.39, 0.29) is 12.5 Å². The molecule has 0 fully saturated rings. The van der Waals surface area contributed by atoms with Gasteiger partial charge in [-0.25, -0.2) is 0 Å². The third-order valence-corrected chi connectivity index (χ3v) is 2.42. The molecule has 0 aliphatic heterocycles. The van der Waals surface area contributed by atoms with Crippen LogP contribution in [-0.2, 0) is 4.79 Å². The van der Waals surface area contributed by atoms with Gasteiger partial charge in [0.2, 0.25) is 0 Å². The van der Waals surface area contributed by atoms with E-state index in [9.17, 15) is 9.59 Å². The first-order valence-electron chi connectivity index (χ1n) is 5.35. The maximum absolute atomic E-state index is 12.0. The van der Waals surface area contributed by atoms with Gasteiger partial charge >= 0.3 is 5.97 Å². The fourth-order valence-corrected chi connectivity index (χ4v) is 1.36. The topological polar surface area (TPSA) is 83.4 Å². The summed E-state index contributed by atoms with van der Waals surface area (Å²) in [6.45, 7) is 4.02. The molecule has 92 valence electrons. The van der Waals surface area contributed by atoms with E-state index < -0.39 is 11.9 Å². The molecular weight excluding hydrogens is 222 g/mol. The van der Waals surface area contributed by atoms with E-state index in [2.05, 4.69) is 10.2 Å². The van der Waals surface area contributed by atoms with Gasteiger partial charge in [0.15, 0.2) is 0 Å². The molecule has 0 saturated carbocycles. The Morgan fingerprint density at radius 3 is 2.65 bits per heavy atom. The van der Waals surface area contributed by atoms with Gasteiger partial charge in [-0.3, -0.25) is 9.59 Å². The Morgan fingerprint density at radius 2 is 2.18 bits per heavy atom. The minimum Gasteiger partial charge on any atom is -0.481 e. The summed E-state index contributed by atoms with van der Waals surface area (Å²) < 4.78 is 0. The lowest BCUT2D eigenvalue weighted by molar-refractivity contribution is -0.141. The van der Waals surface area contributed by atoms with Crippen molar-refractivity contribution in [1.82, 2.24) is 15.1 Å². The molecular formula is C11H15N3O3. The number of nitrogens with zero attached hydrogens (tertiary/aromatic N) is 3. The number of carbonyl (C=O) groups is 2. The Kier molecular flexibility index (Phi) is 4.56. The predicted molar refractivity (Wildman–Crippen MR) is 60.4 cm³/mol. The van der Waals surface area contributed by atoms with Crippen molar-refractivity contribution in [3.8, 4) is 0 Å². The lowest BCUT2D eigenvalue weighted by Gasteiger charge is -2.22. The number of hydrogen-bond donors (Lipinski definition) is 1. The summed E-state index contributed by atoms with van der Waals surface area (Å²) in [6, 6.07) is 1.56. The highest BCUT2D eigenvalue weighted by Crippen LogP contribution is 2.06. The zero-order valence-electron chi connectivity index (χ0n) is 9.83. The molecule has 6 heteroatoms. The first-order valence-corrected chi connectivity index (χ1v) is 5.35. The highest BCUT2D eigenvalue weighted by molar-refractivity contribution is 5.94. The molecule has 0 spiro atoms. The van der Waals surface area contributed by atoms with Crippen LogP contribution in [-0.4, -0.2) is 45.2 Å². The molecule has 0 aliphatic rings. The number of rotatable bonds is 5. The molecule has 0 bridgehead atoms. The molecule has 1 aromatic heterocycles. The average molecular weight is 237 g/mol. The van der Waals surface area contributed by atoms with E-state index in [1.807, 2.05) is 0 Å². The number of carbonyl (C=O) groups excluding carboxylic acids is 1. The van der Waals surface area contributed by atoms with E-state index in [1.54, 1.807) is 19.9 Å². The largest absolute Gasteiger partial charge is 0.481 e. The summed E-state index contributed by atoms with van der Waals surface area (Å²) in [5.41, 5.74) is 0.416. The van der Waals surface area contributed by atoms with Crippen LogP contribution >= 0.6 is 0 Å². The quantitative estimate of drug-likeness (QED) is 0.813. The summed E-state index contributed by atoms with van der Waals surface area (Å²) in [6.07, 6.45) is 2.80. The van der Waals surface area contributed by atoms with E-state index in [1.165, 1.54) is 17.3 Å². The number of carboxylic acid groups (broad SMARTS) is 1. The van der Waals surface area contributed by atoms with Crippen LogP contribution in [0.1, 0.15) is 24.2 Å². The summed E-state index contributed by atoms with van der Waals surface area (Å²) in [4.78, 5) is 24.2. The summed E-state index contributed by atoms with van der Waals surface area (Å²) in [5, 5.41) is 16.0. The van der Waals surface area contributed by atoms with Gasteiger partial charge in [0, 0.05) is 13.1 Å². The number of hydrogen-bond acceptors (Lipinski definition) is 4. The minimum absolute atomic E-state index is 0.187. The maximum Gasteiger partial charge on any atom is 0.308 e. The Bertz CT molecular complexity index is 394. The van der Waals surface area contributed by atoms with Crippen LogP contribution in [0.5, 0.6) is 0 Å². The van der Waals surface area contributed by atoms with Crippen LogP contribution in [0.4, 0.5) is 0 Å². The fraction of sp³-hybridized carbons (Fsp3) is 0.455. The van der Waals surface area contributed by atoms with E-state index in [0.717, 1.165) is 0 Å². The summed E-state index contributed by atoms with van der Waals surface area (Å²) >= 11 is 0. The Hall–Kier alpha value is -1.98. The van der Waals surface area contributed by atoms with Gasteiger partial charge in [0.25, 0.3) is 5.91 Å². The molecule has 6 nitrogen and oxygen atoms in total. The van der Waals surface area contributed by atoms with Crippen molar-refractivity contribution >= 4 is 11.9 Å². The lowest BCUT2D eigenvalue weighted by Crippen LogP contribution is -2.36. The average Bonchev–Trinajstić information content (AvgIpc) is 2.35. The van der Waals surface area contributed by atoms with Crippen LogP contribution < -0.4 is 0 Å². The molecule has 1 heterocycles. The van der Waals surface area contributed by atoms with Crippen molar-refractivity contribution in [2.45, 2.75) is 13.8 Å². The number of carboxylic acids is 1. The van der Waals surface area contributed by atoms with Gasteiger partial charge in [-0.2, -0.15) is 10.2 Å². The van der Waals surface area contributed by atoms with E-state index >= 15 is 0 Å². The SMILES string of the molecule is CCN(CC(C)C(=O)O)C(=O)c1ccnnc1. The summed E-state index contributed by atoms with van der Waals surface area (Å²) in [7, 11) is 0. The highest BCUT2D eigenvalue weighted by Gasteiger charge is 2.20. The molecule has 0 saturated heterocycles. The van der Waals surface area contributed by atoms with Gasteiger partial charge in [0.1, 0.15) is 0 Å². The smallest absolute Gasteiger partial charge is 0.308 e. The molecule has 1 atom stereocenters. The Balaban J connectivity index is 2.75. The van der Waals surface area contributed by atoms with Gasteiger partial charge < -0.3 is 10.0 Å². The van der Waals surface area contributed by atoms with Crippen molar-refractivity contribution in [2.24, 2.45) is 5.92 Å². The molecule has 1 unspecified atom stereocenters. The highest BCUT2D eigenvalue weighted by atomic mass is 16.4. The van der Waals surface area contributed by atoms with E-state index in [4.69, 9.17) is 5.11 Å². The monoisotopic (exact) mass is 237 g/mol. The Labute approximate surface area is 99.3 Å². The maximum atomic E-state index is 12.0. The second-order valence-electron chi connectivity index (χ2n) is 3.71. The van der Waals surface area contributed by atoms with Crippen molar-refractivity contribution in [3.63, 3.8) is 0 Å². The molecule has 17 heavy (non-hydrogen) atoms. The molecule has 1 rings (SSSR count). The second kappa shape index (κ2) is 5.93.